The van der Waals surface area contributed by atoms with Crippen LogP contribution in [0.3, 0.4) is 0 Å². The van der Waals surface area contributed by atoms with Crippen LogP contribution in [0.25, 0.3) is 0 Å². The normalized spacial score (nSPS) is 10.3. The van der Waals surface area contributed by atoms with Gasteiger partial charge < -0.3 is 20.1 Å². The van der Waals surface area contributed by atoms with Crippen LogP contribution in [-0.4, -0.2) is 25.5 Å². The van der Waals surface area contributed by atoms with Crippen LogP contribution in [0, 0.1) is 5.92 Å². The van der Waals surface area contributed by atoms with Crippen LogP contribution in [0.4, 0.5) is 11.4 Å². The summed E-state index contributed by atoms with van der Waals surface area (Å²) in [6.45, 7) is 7.22. The molecule has 2 aromatic carbocycles. The summed E-state index contributed by atoms with van der Waals surface area (Å²) in [6, 6.07) is 12.4. The van der Waals surface area contributed by atoms with E-state index in [1.54, 1.807) is 37.4 Å². The Hall–Kier alpha value is -3.28. The zero-order chi connectivity index (χ0) is 20.5. The molecule has 2 amide bonds. The van der Waals surface area contributed by atoms with Crippen molar-refractivity contribution in [3.63, 3.8) is 0 Å². The Kier molecular flexibility index (Phi) is 7.63. The number of amides is 2. The fourth-order valence-corrected chi connectivity index (χ4v) is 2.39. The Morgan fingerprint density at radius 1 is 1.04 bits per heavy atom. The van der Waals surface area contributed by atoms with Crippen molar-refractivity contribution in [2.45, 2.75) is 20.3 Å². The molecule has 0 saturated carbocycles. The van der Waals surface area contributed by atoms with Gasteiger partial charge in [-0.1, -0.05) is 26.0 Å². The highest BCUT2D eigenvalue weighted by Gasteiger charge is 2.10. The standard InChI is InChI=1S/C22H26N2O4/c1-5-6-16-7-12-19(20(13-16)27-4)28-14-21(25)23-17-8-10-18(11-9-17)24-22(26)15(2)3/h5,7-13,15H,1,6,14H2,2-4H3,(H,23,25)(H,24,26). The summed E-state index contributed by atoms with van der Waals surface area (Å²) in [5, 5.41) is 5.55. The van der Waals surface area contributed by atoms with E-state index in [-0.39, 0.29) is 24.3 Å². The maximum Gasteiger partial charge on any atom is 0.262 e. The lowest BCUT2D eigenvalue weighted by Gasteiger charge is -2.12. The van der Waals surface area contributed by atoms with Crippen LogP contribution in [0.15, 0.2) is 55.1 Å². The Balaban J connectivity index is 1.90. The van der Waals surface area contributed by atoms with Crippen molar-refractivity contribution in [3.8, 4) is 11.5 Å². The third-order valence-corrected chi connectivity index (χ3v) is 3.93. The number of nitrogens with one attached hydrogen (secondary N) is 2. The van der Waals surface area contributed by atoms with E-state index >= 15 is 0 Å². The molecule has 0 saturated heterocycles. The van der Waals surface area contributed by atoms with Gasteiger partial charge in [-0.15, -0.1) is 6.58 Å². The first kappa shape index (κ1) is 21.0. The number of hydrogen-bond acceptors (Lipinski definition) is 4. The highest BCUT2D eigenvalue weighted by molar-refractivity contribution is 5.94. The van der Waals surface area contributed by atoms with Crippen LogP contribution in [0.1, 0.15) is 19.4 Å². The Bertz CT molecular complexity index is 829. The molecule has 28 heavy (non-hydrogen) atoms. The highest BCUT2D eigenvalue weighted by Crippen LogP contribution is 2.28. The Morgan fingerprint density at radius 3 is 2.25 bits per heavy atom. The quantitative estimate of drug-likeness (QED) is 0.642. The first-order valence-corrected chi connectivity index (χ1v) is 9.04. The maximum absolute atomic E-state index is 12.1. The van der Waals surface area contributed by atoms with Crippen LogP contribution >= 0.6 is 0 Å². The molecule has 0 heterocycles. The van der Waals surface area contributed by atoms with Gasteiger partial charge in [0, 0.05) is 17.3 Å². The topological polar surface area (TPSA) is 76.7 Å². The van der Waals surface area contributed by atoms with Crippen LogP contribution < -0.4 is 20.1 Å². The van der Waals surface area contributed by atoms with Gasteiger partial charge in [0.05, 0.1) is 7.11 Å². The molecule has 0 aliphatic rings. The van der Waals surface area contributed by atoms with E-state index in [0.717, 1.165) is 12.0 Å². The van der Waals surface area contributed by atoms with Crippen LogP contribution in [0.2, 0.25) is 0 Å². The number of allylic oxidation sites excluding steroid dienone is 1. The third kappa shape index (κ3) is 6.16. The molecule has 2 rings (SSSR count). The minimum absolute atomic E-state index is 0.0572. The second kappa shape index (κ2) is 10.2. The molecular formula is C22H26N2O4. The predicted octanol–water partition coefficient (Wildman–Crippen LogP) is 4.04. The van der Waals surface area contributed by atoms with Crippen LogP contribution in [0.5, 0.6) is 11.5 Å². The summed E-state index contributed by atoms with van der Waals surface area (Å²) in [5.41, 5.74) is 2.34. The number of carbonyl (C=O) groups is 2. The van der Waals surface area contributed by atoms with E-state index in [9.17, 15) is 9.59 Å². The average molecular weight is 382 g/mol. The SMILES string of the molecule is C=CCc1ccc(OCC(=O)Nc2ccc(NC(=O)C(C)C)cc2)c(OC)c1. The second-order valence-corrected chi connectivity index (χ2v) is 6.54. The van der Waals surface area contributed by atoms with Crippen LogP contribution in [-0.2, 0) is 16.0 Å². The average Bonchev–Trinajstić information content (AvgIpc) is 2.68. The van der Waals surface area contributed by atoms with Crippen molar-refractivity contribution in [2.75, 3.05) is 24.4 Å². The monoisotopic (exact) mass is 382 g/mol. The molecule has 0 radical (unpaired) electrons. The van der Waals surface area contributed by atoms with Gasteiger partial charge in [0.15, 0.2) is 18.1 Å². The summed E-state index contributed by atoms with van der Waals surface area (Å²) in [5.74, 6) is 0.614. The van der Waals surface area contributed by atoms with Gasteiger partial charge in [-0.2, -0.15) is 0 Å². The number of carbonyl (C=O) groups excluding carboxylic acids is 2. The molecule has 148 valence electrons. The molecule has 2 N–H and O–H groups in total. The van der Waals surface area contributed by atoms with Crippen molar-refractivity contribution >= 4 is 23.2 Å². The lowest BCUT2D eigenvalue weighted by Crippen LogP contribution is -2.20. The van der Waals surface area contributed by atoms with Gasteiger partial charge in [0.1, 0.15) is 0 Å². The first-order valence-electron chi connectivity index (χ1n) is 9.04. The first-order chi connectivity index (χ1) is 13.4. The van der Waals surface area contributed by atoms with Crippen molar-refractivity contribution in [3.05, 3.63) is 60.7 Å². The minimum Gasteiger partial charge on any atom is -0.493 e. The van der Waals surface area contributed by atoms with Gasteiger partial charge >= 0.3 is 0 Å². The highest BCUT2D eigenvalue weighted by atomic mass is 16.5. The van der Waals surface area contributed by atoms with Crippen molar-refractivity contribution in [1.29, 1.82) is 0 Å². The molecule has 2 aromatic rings. The predicted molar refractivity (Wildman–Crippen MR) is 111 cm³/mol. The third-order valence-electron chi connectivity index (χ3n) is 3.93. The lowest BCUT2D eigenvalue weighted by molar-refractivity contribution is -0.119. The van der Waals surface area contributed by atoms with E-state index in [1.807, 2.05) is 32.1 Å². The molecule has 0 fully saturated rings. The number of ether oxygens (including phenoxy) is 2. The minimum atomic E-state index is -0.295. The lowest BCUT2D eigenvalue weighted by atomic mass is 10.1. The summed E-state index contributed by atoms with van der Waals surface area (Å²) >= 11 is 0. The second-order valence-electron chi connectivity index (χ2n) is 6.54. The molecule has 6 nitrogen and oxygen atoms in total. The number of rotatable bonds is 9. The number of benzene rings is 2. The smallest absolute Gasteiger partial charge is 0.262 e. The van der Waals surface area contributed by atoms with Gasteiger partial charge in [-0.25, -0.2) is 0 Å². The summed E-state index contributed by atoms with van der Waals surface area (Å²) < 4.78 is 10.9. The van der Waals surface area contributed by atoms with E-state index < -0.39 is 0 Å². The van der Waals surface area contributed by atoms with Crippen molar-refractivity contribution in [2.24, 2.45) is 5.92 Å². The van der Waals surface area contributed by atoms with Gasteiger partial charge in [-0.3, -0.25) is 9.59 Å². The molecule has 0 aliphatic carbocycles. The van der Waals surface area contributed by atoms with Crippen molar-refractivity contribution < 1.29 is 19.1 Å². The van der Waals surface area contributed by atoms with E-state index in [4.69, 9.17) is 9.47 Å². The number of hydrogen-bond donors (Lipinski definition) is 2. The molecule has 0 aliphatic heterocycles. The largest absolute Gasteiger partial charge is 0.493 e. The zero-order valence-electron chi connectivity index (χ0n) is 16.5. The van der Waals surface area contributed by atoms with Gasteiger partial charge in [0.2, 0.25) is 5.91 Å². The van der Waals surface area contributed by atoms with Gasteiger partial charge in [0.25, 0.3) is 5.91 Å². The fourth-order valence-electron chi connectivity index (χ4n) is 2.39. The Morgan fingerprint density at radius 2 is 1.68 bits per heavy atom. The molecule has 6 heteroatoms. The van der Waals surface area contributed by atoms with E-state index in [1.165, 1.54) is 0 Å². The van der Waals surface area contributed by atoms with E-state index in [2.05, 4.69) is 17.2 Å². The molecular weight excluding hydrogens is 356 g/mol. The summed E-state index contributed by atoms with van der Waals surface area (Å²) in [6.07, 6.45) is 2.53. The maximum atomic E-state index is 12.1. The van der Waals surface area contributed by atoms with E-state index in [0.29, 0.717) is 22.9 Å². The van der Waals surface area contributed by atoms with Crippen molar-refractivity contribution in [1.82, 2.24) is 0 Å². The zero-order valence-corrected chi connectivity index (χ0v) is 16.5. The molecule has 0 bridgehead atoms. The summed E-state index contributed by atoms with van der Waals surface area (Å²) in [7, 11) is 1.56. The number of methoxy groups -OCH3 is 1. The summed E-state index contributed by atoms with van der Waals surface area (Å²) in [4.78, 5) is 23.8. The molecule has 0 aromatic heterocycles. The molecule has 0 unspecified atom stereocenters. The fraction of sp³-hybridized carbons (Fsp3) is 0.273. The Labute approximate surface area is 165 Å². The molecule has 0 atom stereocenters. The molecule has 0 spiro atoms. The van der Waals surface area contributed by atoms with Gasteiger partial charge in [-0.05, 0) is 48.4 Å². The number of anilines is 2.